The van der Waals surface area contributed by atoms with Gasteiger partial charge in [0.1, 0.15) is 5.92 Å². The number of piperidine rings is 1. The van der Waals surface area contributed by atoms with Crippen molar-refractivity contribution in [1.82, 2.24) is 20.6 Å². The summed E-state index contributed by atoms with van der Waals surface area (Å²) >= 11 is 0. The summed E-state index contributed by atoms with van der Waals surface area (Å²) in [5.41, 5.74) is 1.11. The Morgan fingerprint density at radius 3 is 2.34 bits per heavy atom. The molecule has 3 fully saturated rings. The molecule has 2 aliphatic heterocycles. The highest BCUT2D eigenvalue weighted by Gasteiger charge is 2.57. The highest BCUT2D eigenvalue weighted by atomic mass is 16.6. The van der Waals surface area contributed by atoms with E-state index in [9.17, 15) is 19.6 Å². The number of nitrogens with one attached hydrogen (secondary N) is 2. The smallest absolute Gasteiger partial charge is 0.408 e. The van der Waals surface area contributed by atoms with Gasteiger partial charge in [0.2, 0.25) is 5.60 Å². The molecule has 0 unspecified atom stereocenters. The van der Waals surface area contributed by atoms with Crippen LogP contribution in [0.1, 0.15) is 38.5 Å². The van der Waals surface area contributed by atoms with Crippen molar-refractivity contribution < 1.29 is 24.3 Å². The van der Waals surface area contributed by atoms with E-state index in [4.69, 9.17) is 4.74 Å². The van der Waals surface area contributed by atoms with Crippen LogP contribution in [0.15, 0.2) is 30.3 Å². The first-order chi connectivity index (χ1) is 16.9. The summed E-state index contributed by atoms with van der Waals surface area (Å²) in [6, 6.07) is 10.0. The van der Waals surface area contributed by atoms with Gasteiger partial charge in [0, 0.05) is 57.4 Å². The number of carbonyl (C=O) groups excluding carboxylic acids is 3. The normalized spacial score (nSPS) is 26.2. The van der Waals surface area contributed by atoms with Gasteiger partial charge in [-0.05, 0) is 32.0 Å². The molecule has 1 aromatic carbocycles. The number of rotatable bonds is 5. The Morgan fingerprint density at radius 2 is 1.69 bits per heavy atom. The summed E-state index contributed by atoms with van der Waals surface area (Å²) in [7, 11) is 1.84. The molecule has 1 aliphatic carbocycles. The lowest BCUT2D eigenvalue weighted by molar-refractivity contribution is -0.172. The molecule has 2 saturated heterocycles. The van der Waals surface area contributed by atoms with Crippen molar-refractivity contribution in [3.05, 3.63) is 30.3 Å². The number of carbonyl (C=O) groups is 3. The van der Waals surface area contributed by atoms with E-state index < -0.39 is 23.5 Å². The lowest BCUT2D eigenvalue weighted by Crippen LogP contribution is -2.67. The highest BCUT2D eigenvalue weighted by Crippen LogP contribution is 2.35. The minimum Gasteiger partial charge on any atom is -0.432 e. The van der Waals surface area contributed by atoms with Gasteiger partial charge in [-0.15, -0.1) is 0 Å². The molecule has 3 amide bonds. The lowest BCUT2D eigenvalue weighted by Gasteiger charge is -2.47. The second kappa shape index (κ2) is 11.3. The fourth-order valence-electron chi connectivity index (χ4n) is 5.56. The van der Waals surface area contributed by atoms with Crippen LogP contribution in [-0.4, -0.2) is 90.9 Å². The van der Waals surface area contributed by atoms with Gasteiger partial charge in [-0.1, -0.05) is 37.5 Å². The van der Waals surface area contributed by atoms with Crippen LogP contribution in [0, 0.1) is 5.92 Å². The number of hydroxylamine groups is 1. The molecule has 0 aromatic heterocycles. The Balaban J connectivity index is 1.53. The molecule has 1 saturated carbocycles. The third kappa shape index (κ3) is 5.70. The van der Waals surface area contributed by atoms with E-state index in [1.807, 2.05) is 42.3 Å². The van der Waals surface area contributed by atoms with Gasteiger partial charge in [-0.25, -0.2) is 10.3 Å². The average Bonchev–Trinajstić information content (AvgIpc) is 2.90. The first kappa shape index (κ1) is 25.2. The monoisotopic (exact) mass is 487 g/mol. The zero-order valence-electron chi connectivity index (χ0n) is 20.4. The summed E-state index contributed by atoms with van der Waals surface area (Å²) in [4.78, 5) is 45.6. The molecule has 0 radical (unpaired) electrons. The largest absolute Gasteiger partial charge is 0.432 e. The number of para-hydroxylation sites is 1. The molecule has 192 valence electrons. The number of hydrogen-bond acceptors (Lipinski definition) is 7. The fourth-order valence-corrected chi connectivity index (χ4v) is 5.56. The molecule has 35 heavy (non-hydrogen) atoms. The number of nitrogens with zero attached hydrogens (tertiary/aromatic N) is 3. The fraction of sp³-hybridized carbons (Fsp3) is 0.640. The topological polar surface area (TPSA) is 114 Å². The van der Waals surface area contributed by atoms with Crippen LogP contribution in [0.25, 0.3) is 0 Å². The Morgan fingerprint density at radius 1 is 1.00 bits per heavy atom. The maximum Gasteiger partial charge on any atom is 0.408 e. The van der Waals surface area contributed by atoms with Gasteiger partial charge in [0.25, 0.3) is 11.8 Å². The number of amides is 3. The molecular formula is C25H37N5O5. The maximum atomic E-state index is 14.0. The zero-order valence-corrected chi connectivity index (χ0v) is 20.4. The van der Waals surface area contributed by atoms with Crippen molar-refractivity contribution >= 4 is 23.6 Å². The van der Waals surface area contributed by atoms with Crippen LogP contribution in [0.5, 0.6) is 0 Å². The van der Waals surface area contributed by atoms with Crippen molar-refractivity contribution in [1.29, 1.82) is 0 Å². The number of ether oxygens (including phenoxy) is 1. The maximum absolute atomic E-state index is 14.0. The van der Waals surface area contributed by atoms with Crippen molar-refractivity contribution in [3.63, 3.8) is 0 Å². The van der Waals surface area contributed by atoms with Gasteiger partial charge >= 0.3 is 6.09 Å². The molecule has 1 aromatic rings. The number of benzene rings is 1. The molecular weight excluding hydrogens is 450 g/mol. The van der Waals surface area contributed by atoms with Crippen molar-refractivity contribution in [2.75, 3.05) is 51.2 Å². The molecule has 0 bridgehead atoms. The SMILES string of the molecule is CN1CC[C@@](OC(=O)NC2CCCCC2)(C(=O)N2CCN(c3ccccc3)CC2)[C@@H](C(=O)NO)C1. The predicted octanol–water partition coefficient (Wildman–Crippen LogP) is 1.59. The van der Waals surface area contributed by atoms with E-state index >= 15 is 0 Å². The van der Waals surface area contributed by atoms with Crippen LogP contribution in [0.4, 0.5) is 10.5 Å². The molecule has 3 aliphatic rings. The van der Waals surface area contributed by atoms with Crippen LogP contribution in [0.2, 0.25) is 0 Å². The molecule has 2 atom stereocenters. The van der Waals surface area contributed by atoms with Crippen LogP contribution in [0.3, 0.4) is 0 Å². The second-order valence-electron chi connectivity index (χ2n) is 9.91. The quantitative estimate of drug-likeness (QED) is 0.427. The molecule has 4 rings (SSSR count). The van der Waals surface area contributed by atoms with Crippen molar-refractivity contribution in [2.45, 2.75) is 50.2 Å². The van der Waals surface area contributed by atoms with E-state index in [1.165, 1.54) is 0 Å². The minimum atomic E-state index is -1.67. The Kier molecular flexibility index (Phi) is 8.12. The van der Waals surface area contributed by atoms with E-state index in [0.717, 1.165) is 37.8 Å². The van der Waals surface area contributed by atoms with E-state index in [-0.39, 0.29) is 24.9 Å². The predicted molar refractivity (Wildman–Crippen MR) is 130 cm³/mol. The summed E-state index contributed by atoms with van der Waals surface area (Å²) in [6.07, 6.45) is 4.49. The number of hydrogen-bond donors (Lipinski definition) is 3. The van der Waals surface area contributed by atoms with Gasteiger partial charge in [0.05, 0.1) is 0 Å². The Labute approximate surface area is 206 Å². The summed E-state index contributed by atoms with van der Waals surface area (Å²) in [5, 5.41) is 12.4. The number of alkyl carbamates (subject to hydrolysis) is 1. The average molecular weight is 488 g/mol. The van der Waals surface area contributed by atoms with Crippen LogP contribution >= 0.6 is 0 Å². The molecule has 10 heteroatoms. The van der Waals surface area contributed by atoms with Crippen LogP contribution < -0.4 is 15.7 Å². The van der Waals surface area contributed by atoms with E-state index in [2.05, 4.69) is 10.2 Å². The van der Waals surface area contributed by atoms with E-state index in [1.54, 1.807) is 10.4 Å². The van der Waals surface area contributed by atoms with Gasteiger partial charge < -0.3 is 24.8 Å². The Bertz CT molecular complexity index is 885. The standard InChI is InChI=1S/C25H37N5O5/c1-28-13-12-25(21(18-28)22(31)27-34,35-24(33)26-19-8-4-2-5-9-19)23(32)30-16-14-29(15-17-30)20-10-6-3-7-11-20/h3,6-7,10-11,19,21,34H,2,4-5,8-9,12-18H2,1H3,(H,26,33)(H,27,31)/t21-,25+/m1/s1. The number of likely N-dealkylation sites (tertiary alicyclic amines) is 1. The third-order valence-corrected chi connectivity index (χ3v) is 7.60. The first-order valence-electron chi connectivity index (χ1n) is 12.6. The molecule has 2 heterocycles. The van der Waals surface area contributed by atoms with Crippen molar-refractivity contribution in [2.24, 2.45) is 5.92 Å². The van der Waals surface area contributed by atoms with Crippen LogP contribution in [-0.2, 0) is 14.3 Å². The summed E-state index contributed by atoms with van der Waals surface area (Å²) < 4.78 is 5.94. The van der Waals surface area contributed by atoms with Crippen molar-refractivity contribution in [3.8, 4) is 0 Å². The van der Waals surface area contributed by atoms with E-state index in [0.29, 0.717) is 32.7 Å². The van der Waals surface area contributed by atoms with Gasteiger partial charge in [-0.3, -0.25) is 14.8 Å². The third-order valence-electron chi connectivity index (χ3n) is 7.60. The Hall–Kier alpha value is -2.85. The summed E-state index contributed by atoms with van der Waals surface area (Å²) in [5.74, 6) is -2.12. The van der Waals surface area contributed by atoms with Gasteiger partial charge in [-0.2, -0.15) is 0 Å². The molecule has 0 spiro atoms. The highest BCUT2D eigenvalue weighted by molar-refractivity contribution is 5.95. The lowest BCUT2D eigenvalue weighted by atomic mass is 9.78. The number of piperazine rings is 1. The van der Waals surface area contributed by atoms with Gasteiger partial charge in [0.15, 0.2) is 0 Å². The zero-order chi connectivity index (χ0) is 24.8. The summed E-state index contributed by atoms with van der Waals surface area (Å²) in [6.45, 7) is 2.85. The first-order valence-corrected chi connectivity index (χ1v) is 12.6. The molecule has 10 nitrogen and oxygen atoms in total. The molecule has 3 N–H and O–H groups in total. The minimum absolute atomic E-state index is 0.00852. The number of anilines is 1. The second-order valence-corrected chi connectivity index (χ2v) is 9.91.